The second kappa shape index (κ2) is 5.00. The van der Waals surface area contributed by atoms with Crippen LogP contribution in [0.3, 0.4) is 0 Å². The number of ether oxygens (including phenoxy) is 1. The highest BCUT2D eigenvalue weighted by Crippen LogP contribution is 2.28. The summed E-state index contributed by atoms with van der Waals surface area (Å²) in [6.45, 7) is -0.201. The summed E-state index contributed by atoms with van der Waals surface area (Å²) in [4.78, 5) is 12.9. The molecule has 0 saturated heterocycles. The molecule has 1 aromatic rings. The molecule has 1 aromatic heterocycles. The van der Waals surface area contributed by atoms with Crippen molar-refractivity contribution in [3.05, 3.63) is 25.3 Å². The summed E-state index contributed by atoms with van der Waals surface area (Å²) in [5.41, 5.74) is 5.31. The number of pyridine rings is 1. The zero-order chi connectivity index (χ0) is 13.2. The van der Waals surface area contributed by atoms with E-state index in [0.717, 1.165) is 6.07 Å². The number of nitrogens with two attached hydrogens (primary N) is 1. The maximum Gasteiger partial charge on any atom is 0.575 e. The smallest absolute Gasteiger partial charge is 0.366 e. The van der Waals surface area contributed by atoms with Crippen molar-refractivity contribution in [1.82, 2.24) is 4.98 Å². The minimum absolute atomic E-state index is 0.0603. The third kappa shape index (κ3) is 3.66. The van der Waals surface area contributed by atoms with Crippen molar-refractivity contribution in [1.29, 1.82) is 0 Å². The van der Waals surface area contributed by atoms with E-state index >= 15 is 0 Å². The summed E-state index contributed by atoms with van der Waals surface area (Å²) in [7, 11) is 0. The Bertz CT molecular complexity index is 452. The maximum absolute atomic E-state index is 11.9. The summed E-state index contributed by atoms with van der Waals surface area (Å²) in [5, 5.41) is 10.6. The Kier molecular flexibility index (Phi) is 4.08. The van der Waals surface area contributed by atoms with Crippen LogP contribution in [0.15, 0.2) is 6.07 Å². The van der Waals surface area contributed by atoms with Crippen LogP contribution in [0.5, 0.6) is 5.88 Å². The zero-order valence-corrected chi connectivity index (χ0v) is 10.2. The maximum atomic E-state index is 11.9. The van der Waals surface area contributed by atoms with Gasteiger partial charge in [-0.25, -0.2) is 0 Å². The Morgan fingerprint density at radius 1 is 1.59 bits per heavy atom. The topological polar surface area (TPSA) is 91.3 Å². The van der Waals surface area contributed by atoms with E-state index in [9.17, 15) is 23.3 Å². The quantitative estimate of drug-likeness (QED) is 0.504. The van der Waals surface area contributed by atoms with Crippen molar-refractivity contribution in [2.75, 3.05) is 0 Å². The normalized spacial score (nSPS) is 11.4. The first-order valence-electron chi connectivity index (χ1n) is 4.04. The number of hydrogen-bond donors (Lipinski definition) is 1. The molecule has 0 aromatic carbocycles. The number of halogens is 4. The van der Waals surface area contributed by atoms with Gasteiger partial charge >= 0.3 is 18.1 Å². The van der Waals surface area contributed by atoms with Gasteiger partial charge in [-0.3, -0.25) is 0 Å². The van der Waals surface area contributed by atoms with Crippen molar-refractivity contribution in [2.24, 2.45) is 5.73 Å². The third-order valence-electron chi connectivity index (χ3n) is 1.62. The minimum atomic E-state index is -4.95. The van der Waals surface area contributed by atoms with Gasteiger partial charge in [0.25, 0.3) is 0 Å². The molecule has 0 aliphatic rings. The summed E-state index contributed by atoms with van der Waals surface area (Å²) in [6, 6.07) is 0.934. The van der Waals surface area contributed by atoms with Crippen LogP contribution in [0.25, 0.3) is 0 Å². The van der Waals surface area contributed by atoms with Crippen LogP contribution in [-0.2, 0) is 6.54 Å². The lowest BCUT2D eigenvalue weighted by atomic mass is 10.2. The number of nitrogens with zero attached hydrogens (tertiary/aromatic N) is 2. The van der Waals surface area contributed by atoms with Gasteiger partial charge in [0, 0.05) is 21.2 Å². The molecule has 6 nitrogen and oxygen atoms in total. The first kappa shape index (κ1) is 13.9. The van der Waals surface area contributed by atoms with Crippen LogP contribution in [0.2, 0.25) is 0 Å². The van der Waals surface area contributed by atoms with E-state index < -0.39 is 23.0 Å². The van der Waals surface area contributed by atoms with E-state index in [1.165, 1.54) is 0 Å². The Hall–Kier alpha value is -1.17. The highest BCUT2D eigenvalue weighted by atomic mass is 127. The van der Waals surface area contributed by atoms with Gasteiger partial charge in [-0.2, -0.15) is 0 Å². The average molecular weight is 363 g/mol. The predicted molar refractivity (Wildman–Crippen MR) is 58.2 cm³/mol. The van der Waals surface area contributed by atoms with E-state index in [4.69, 9.17) is 5.73 Å². The highest BCUT2D eigenvalue weighted by Gasteiger charge is 2.35. The Morgan fingerprint density at radius 2 is 2.18 bits per heavy atom. The monoisotopic (exact) mass is 363 g/mol. The van der Waals surface area contributed by atoms with E-state index in [2.05, 4.69) is 9.72 Å². The molecule has 0 unspecified atom stereocenters. The number of rotatable bonds is 3. The molecule has 0 spiro atoms. The molecular formula is C7H5F3IN3O3. The molecule has 2 N–H and O–H groups in total. The van der Waals surface area contributed by atoms with Gasteiger partial charge in [0.1, 0.15) is 0 Å². The number of nitro groups is 1. The van der Waals surface area contributed by atoms with Gasteiger partial charge in [0.15, 0.2) is 0 Å². The summed E-state index contributed by atoms with van der Waals surface area (Å²) < 4.78 is 39.5. The number of aromatic nitrogens is 1. The molecule has 0 fully saturated rings. The first-order valence-corrected chi connectivity index (χ1v) is 5.12. The predicted octanol–water partition coefficient (Wildman–Crippen LogP) is 1.95. The largest absolute Gasteiger partial charge is 0.575 e. The van der Waals surface area contributed by atoms with Crippen LogP contribution in [0.4, 0.5) is 19.0 Å². The third-order valence-corrected chi connectivity index (χ3v) is 2.58. The van der Waals surface area contributed by atoms with Gasteiger partial charge in [0.05, 0.1) is 5.56 Å². The second-order valence-corrected chi connectivity index (χ2v) is 3.92. The molecule has 17 heavy (non-hydrogen) atoms. The molecule has 0 bridgehead atoms. The van der Waals surface area contributed by atoms with Crippen molar-refractivity contribution in [3.63, 3.8) is 0 Å². The summed E-state index contributed by atoms with van der Waals surface area (Å²) in [6.07, 6.45) is -4.95. The lowest BCUT2D eigenvalue weighted by Crippen LogP contribution is -2.19. The van der Waals surface area contributed by atoms with Gasteiger partial charge in [-0.15, -0.1) is 13.2 Å². The molecule has 0 aliphatic heterocycles. The molecular weight excluding hydrogens is 358 g/mol. The number of alkyl halides is 3. The first-order chi connectivity index (χ1) is 7.74. The minimum Gasteiger partial charge on any atom is -0.366 e. The summed E-state index contributed by atoms with van der Waals surface area (Å²) in [5.74, 6) is -1.62. The standard InChI is InChI=1S/C7H5F3IN3O3/c8-7(9,10)17-5-1-4(11)3(2-12)6(13-5)14(15)16/h1H,2,12H2. The molecule has 1 heterocycles. The fourth-order valence-electron chi connectivity index (χ4n) is 1.02. The van der Waals surface area contributed by atoms with Gasteiger partial charge < -0.3 is 20.6 Å². The summed E-state index contributed by atoms with van der Waals surface area (Å²) >= 11 is 1.62. The van der Waals surface area contributed by atoms with Crippen LogP contribution >= 0.6 is 22.6 Å². The van der Waals surface area contributed by atoms with Gasteiger partial charge in [-0.1, -0.05) is 0 Å². The van der Waals surface area contributed by atoms with Gasteiger partial charge in [-0.05, 0) is 27.5 Å². The Labute approximate surface area is 106 Å². The number of hydrogen-bond acceptors (Lipinski definition) is 5. The average Bonchev–Trinajstić information content (AvgIpc) is 2.13. The van der Waals surface area contributed by atoms with E-state index in [1.807, 2.05) is 0 Å². The Balaban J connectivity index is 3.25. The van der Waals surface area contributed by atoms with Crippen LogP contribution in [0, 0.1) is 13.7 Å². The molecule has 0 amide bonds. The molecule has 1 rings (SSSR count). The van der Waals surface area contributed by atoms with Crippen molar-refractivity contribution >= 4 is 28.4 Å². The highest BCUT2D eigenvalue weighted by molar-refractivity contribution is 14.1. The van der Waals surface area contributed by atoms with Crippen LogP contribution in [0.1, 0.15) is 5.56 Å². The fourth-order valence-corrected chi connectivity index (χ4v) is 1.74. The fraction of sp³-hybridized carbons (Fsp3) is 0.286. The Morgan fingerprint density at radius 3 is 2.59 bits per heavy atom. The van der Waals surface area contributed by atoms with Crippen LogP contribution < -0.4 is 10.5 Å². The zero-order valence-electron chi connectivity index (χ0n) is 7.99. The SMILES string of the molecule is NCc1c(I)cc(OC(F)(F)F)nc1[N+](=O)[O-]. The second-order valence-electron chi connectivity index (χ2n) is 2.75. The van der Waals surface area contributed by atoms with Crippen LogP contribution in [-0.4, -0.2) is 16.3 Å². The van der Waals surface area contributed by atoms with Crippen molar-refractivity contribution in [2.45, 2.75) is 12.9 Å². The molecule has 0 atom stereocenters. The lowest BCUT2D eigenvalue weighted by Gasteiger charge is -2.07. The van der Waals surface area contributed by atoms with E-state index in [0.29, 0.717) is 0 Å². The van der Waals surface area contributed by atoms with E-state index in [-0.39, 0.29) is 15.7 Å². The molecule has 94 valence electrons. The lowest BCUT2D eigenvalue weighted by molar-refractivity contribution is -0.390. The molecule has 0 saturated carbocycles. The van der Waals surface area contributed by atoms with Gasteiger partial charge in [0.2, 0.25) is 0 Å². The molecule has 0 radical (unpaired) electrons. The molecule has 10 heteroatoms. The van der Waals surface area contributed by atoms with Crippen molar-refractivity contribution < 1.29 is 22.8 Å². The van der Waals surface area contributed by atoms with Crippen molar-refractivity contribution in [3.8, 4) is 5.88 Å². The van der Waals surface area contributed by atoms with E-state index in [1.54, 1.807) is 22.6 Å². The molecule has 0 aliphatic carbocycles.